The zero-order chi connectivity index (χ0) is 15.7. The van der Waals surface area contributed by atoms with Crippen LogP contribution in [-0.4, -0.2) is 15.5 Å². The Balaban J connectivity index is 1.97. The molecule has 22 heavy (non-hydrogen) atoms. The van der Waals surface area contributed by atoms with Gasteiger partial charge >= 0.3 is 0 Å². The van der Waals surface area contributed by atoms with E-state index in [1.54, 1.807) is 28.9 Å². The van der Waals surface area contributed by atoms with Gasteiger partial charge < -0.3 is 5.32 Å². The maximum atomic E-state index is 12.4. The monoisotopic (exact) mass is 374 g/mol. The number of hydrogen-bond acceptors (Lipinski definition) is 3. The van der Waals surface area contributed by atoms with Gasteiger partial charge in [-0.25, -0.2) is 4.52 Å². The summed E-state index contributed by atoms with van der Waals surface area (Å²) >= 11 is 9.42. The molecule has 3 aromatic rings. The number of carbonyl (C=O) groups excluding carboxylic acids is 1. The highest BCUT2D eigenvalue weighted by atomic mass is 79.9. The molecule has 0 saturated carbocycles. The Kier molecular flexibility index (Phi) is 3.84. The summed E-state index contributed by atoms with van der Waals surface area (Å²) in [5.41, 5.74) is 1.89. The van der Waals surface area contributed by atoms with E-state index in [0.717, 1.165) is 4.47 Å². The van der Waals surface area contributed by atoms with Gasteiger partial charge in [-0.1, -0.05) is 27.5 Å². The molecular weight excluding hydrogens is 368 g/mol. The zero-order valence-corrected chi connectivity index (χ0v) is 13.4. The summed E-state index contributed by atoms with van der Waals surface area (Å²) in [6.07, 6.45) is 3.23. The Morgan fingerprint density at radius 1 is 1.36 bits per heavy atom. The third-order valence-electron chi connectivity index (χ3n) is 3.07. The van der Waals surface area contributed by atoms with Crippen LogP contribution in [0.1, 0.15) is 15.9 Å². The SMILES string of the molecule is N#Cc1ccc(Cl)c(NC(=O)c2cnn3ccc(Br)cc23)c1. The fourth-order valence-corrected chi connectivity index (χ4v) is 2.51. The minimum absolute atomic E-state index is 0.343. The number of amides is 1. The largest absolute Gasteiger partial charge is 0.320 e. The van der Waals surface area contributed by atoms with Gasteiger partial charge in [0, 0.05) is 10.7 Å². The molecule has 0 aliphatic heterocycles. The van der Waals surface area contributed by atoms with Crippen LogP contribution in [0.15, 0.2) is 47.2 Å². The second-order valence-electron chi connectivity index (χ2n) is 4.49. The van der Waals surface area contributed by atoms with Crippen LogP contribution < -0.4 is 5.32 Å². The molecule has 2 heterocycles. The lowest BCUT2D eigenvalue weighted by atomic mass is 10.2. The molecule has 0 bridgehead atoms. The van der Waals surface area contributed by atoms with Gasteiger partial charge in [-0.3, -0.25) is 4.79 Å². The zero-order valence-electron chi connectivity index (χ0n) is 11.0. The molecule has 1 aromatic carbocycles. The van der Waals surface area contributed by atoms with E-state index in [4.69, 9.17) is 16.9 Å². The molecule has 0 radical (unpaired) electrons. The van der Waals surface area contributed by atoms with Crippen molar-refractivity contribution < 1.29 is 4.79 Å². The first kappa shape index (κ1) is 14.6. The van der Waals surface area contributed by atoms with Gasteiger partial charge in [0.2, 0.25) is 0 Å². The van der Waals surface area contributed by atoms with Crippen molar-refractivity contribution in [3.63, 3.8) is 0 Å². The van der Waals surface area contributed by atoms with Crippen molar-refractivity contribution >= 4 is 44.6 Å². The van der Waals surface area contributed by atoms with Crippen LogP contribution in [0.25, 0.3) is 5.52 Å². The number of aromatic nitrogens is 2. The summed E-state index contributed by atoms with van der Waals surface area (Å²) in [4.78, 5) is 12.4. The number of benzene rings is 1. The van der Waals surface area contributed by atoms with E-state index < -0.39 is 0 Å². The molecule has 1 N–H and O–H groups in total. The number of fused-ring (bicyclic) bond motifs is 1. The van der Waals surface area contributed by atoms with Gasteiger partial charge in [-0.05, 0) is 30.3 Å². The van der Waals surface area contributed by atoms with E-state index in [2.05, 4.69) is 26.3 Å². The molecule has 1 amide bonds. The molecule has 0 aliphatic carbocycles. The van der Waals surface area contributed by atoms with E-state index in [0.29, 0.717) is 27.4 Å². The number of nitrogens with one attached hydrogen (secondary N) is 1. The third kappa shape index (κ3) is 2.69. The van der Waals surface area contributed by atoms with Crippen molar-refractivity contribution in [3.05, 3.63) is 63.3 Å². The first-order chi connectivity index (χ1) is 10.6. The van der Waals surface area contributed by atoms with Crippen LogP contribution in [-0.2, 0) is 0 Å². The minimum Gasteiger partial charge on any atom is -0.320 e. The maximum absolute atomic E-state index is 12.4. The van der Waals surface area contributed by atoms with Crippen LogP contribution in [0.3, 0.4) is 0 Å². The Hall–Kier alpha value is -2.36. The minimum atomic E-state index is -0.343. The van der Waals surface area contributed by atoms with Gasteiger partial charge in [-0.2, -0.15) is 10.4 Å². The van der Waals surface area contributed by atoms with Gasteiger partial charge in [0.1, 0.15) is 0 Å². The normalized spacial score (nSPS) is 10.4. The van der Waals surface area contributed by atoms with Gasteiger partial charge in [0.05, 0.1) is 39.6 Å². The molecule has 7 heteroatoms. The Morgan fingerprint density at radius 3 is 2.95 bits per heavy atom. The summed E-state index contributed by atoms with van der Waals surface area (Å²) < 4.78 is 2.45. The van der Waals surface area contributed by atoms with E-state index >= 15 is 0 Å². The quantitative estimate of drug-likeness (QED) is 0.739. The first-order valence-corrected chi connectivity index (χ1v) is 7.39. The fourth-order valence-electron chi connectivity index (χ4n) is 2.01. The van der Waals surface area contributed by atoms with Crippen LogP contribution in [0.5, 0.6) is 0 Å². The van der Waals surface area contributed by atoms with Crippen LogP contribution in [0.4, 0.5) is 5.69 Å². The van der Waals surface area contributed by atoms with Crippen molar-refractivity contribution in [2.45, 2.75) is 0 Å². The molecule has 2 aromatic heterocycles. The van der Waals surface area contributed by atoms with Crippen molar-refractivity contribution in [1.82, 2.24) is 9.61 Å². The fraction of sp³-hybridized carbons (Fsp3) is 0. The maximum Gasteiger partial charge on any atom is 0.259 e. The van der Waals surface area contributed by atoms with Crippen LogP contribution in [0.2, 0.25) is 5.02 Å². The average molecular weight is 376 g/mol. The predicted molar refractivity (Wildman–Crippen MR) is 87.0 cm³/mol. The Labute approximate surface area is 139 Å². The van der Waals surface area contributed by atoms with E-state index in [1.807, 2.05) is 12.1 Å². The lowest BCUT2D eigenvalue weighted by Crippen LogP contribution is -2.12. The average Bonchev–Trinajstić information content (AvgIpc) is 2.92. The molecule has 0 saturated heterocycles. The summed E-state index contributed by atoms with van der Waals surface area (Å²) in [5.74, 6) is -0.343. The second-order valence-corrected chi connectivity index (χ2v) is 5.82. The number of halogens is 2. The predicted octanol–water partition coefficient (Wildman–Crippen LogP) is 3.87. The molecule has 0 spiro atoms. The number of nitriles is 1. The molecule has 0 fully saturated rings. The number of pyridine rings is 1. The molecule has 0 atom stereocenters. The number of carbonyl (C=O) groups is 1. The van der Waals surface area contributed by atoms with Crippen molar-refractivity contribution in [1.29, 1.82) is 5.26 Å². The number of nitrogens with zero attached hydrogens (tertiary/aromatic N) is 3. The summed E-state index contributed by atoms with van der Waals surface area (Å²) in [7, 11) is 0. The van der Waals surface area contributed by atoms with Gasteiger partial charge in [0.15, 0.2) is 0 Å². The third-order valence-corrected chi connectivity index (χ3v) is 3.89. The topological polar surface area (TPSA) is 70.2 Å². The molecule has 3 rings (SSSR count). The van der Waals surface area contributed by atoms with Crippen LogP contribution in [0, 0.1) is 11.3 Å². The van der Waals surface area contributed by atoms with E-state index in [1.165, 1.54) is 12.3 Å². The summed E-state index contributed by atoms with van der Waals surface area (Å²) in [5, 5.41) is 16.1. The van der Waals surface area contributed by atoms with E-state index in [-0.39, 0.29) is 5.91 Å². The standard InChI is InChI=1S/C15H8BrClN4O/c16-10-3-4-21-14(6-10)11(8-19-21)15(22)20-13-5-9(7-18)1-2-12(13)17/h1-6,8H,(H,20,22). The lowest BCUT2D eigenvalue weighted by Gasteiger charge is -2.07. The lowest BCUT2D eigenvalue weighted by molar-refractivity contribution is 0.102. The highest BCUT2D eigenvalue weighted by Crippen LogP contribution is 2.24. The van der Waals surface area contributed by atoms with Crippen LogP contribution >= 0.6 is 27.5 Å². The molecular formula is C15H8BrClN4O. The molecule has 0 unspecified atom stereocenters. The molecule has 5 nitrogen and oxygen atoms in total. The first-order valence-electron chi connectivity index (χ1n) is 6.22. The Morgan fingerprint density at radius 2 is 2.18 bits per heavy atom. The van der Waals surface area contributed by atoms with Gasteiger partial charge in [0.25, 0.3) is 5.91 Å². The molecule has 0 aliphatic rings. The highest BCUT2D eigenvalue weighted by molar-refractivity contribution is 9.10. The highest BCUT2D eigenvalue weighted by Gasteiger charge is 2.14. The smallest absolute Gasteiger partial charge is 0.259 e. The summed E-state index contributed by atoms with van der Waals surface area (Å²) in [6.45, 7) is 0. The Bertz CT molecular complexity index is 929. The van der Waals surface area contributed by atoms with Crippen molar-refractivity contribution in [2.24, 2.45) is 0 Å². The van der Waals surface area contributed by atoms with Gasteiger partial charge in [-0.15, -0.1) is 0 Å². The summed E-state index contributed by atoms with van der Waals surface area (Å²) in [6, 6.07) is 10.3. The van der Waals surface area contributed by atoms with Crippen molar-refractivity contribution in [3.8, 4) is 6.07 Å². The number of hydrogen-bond donors (Lipinski definition) is 1. The molecule has 108 valence electrons. The van der Waals surface area contributed by atoms with E-state index in [9.17, 15) is 4.79 Å². The van der Waals surface area contributed by atoms with Crippen molar-refractivity contribution in [2.75, 3.05) is 5.32 Å². The number of rotatable bonds is 2. The number of anilines is 1. The second kappa shape index (κ2) is 5.79.